The number of halogens is 1. The molecular formula is C24H15FS2. The van der Waals surface area contributed by atoms with E-state index in [1.54, 1.807) is 12.1 Å². The van der Waals surface area contributed by atoms with Crippen LogP contribution < -0.4 is 0 Å². The molecule has 0 aliphatic heterocycles. The Kier molecular flexibility index (Phi) is 3.31. The first kappa shape index (κ1) is 15.6. The van der Waals surface area contributed by atoms with Crippen LogP contribution in [0.25, 0.3) is 42.4 Å². The van der Waals surface area contributed by atoms with Crippen molar-refractivity contribution in [3.63, 3.8) is 0 Å². The third kappa shape index (κ3) is 2.32. The first-order chi connectivity index (χ1) is 13.3. The highest BCUT2D eigenvalue weighted by Gasteiger charge is 2.28. The molecule has 0 unspecified atom stereocenters. The van der Waals surface area contributed by atoms with Crippen molar-refractivity contribution in [2.75, 3.05) is 0 Å². The number of benzene rings is 3. The number of aryl methyl sites for hydroxylation is 2. The van der Waals surface area contributed by atoms with E-state index in [1.165, 1.54) is 52.9 Å². The Balaban J connectivity index is 1.38. The van der Waals surface area contributed by atoms with E-state index in [1.807, 2.05) is 34.8 Å². The Labute approximate surface area is 164 Å². The molecule has 1 aliphatic carbocycles. The van der Waals surface area contributed by atoms with E-state index in [0.29, 0.717) is 0 Å². The van der Waals surface area contributed by atoms with E-state index in [0.717, 1.165) is 12.8 Å². The number of hydrogen-bond acceptors (Lipinski definition) is 2. The maximum atomic E-state index is 13.1. The summed E-state index contributed by atoms with van der Waals surface area (Å²) in [4.78, 5) is 1.40. The summed E-state index contributed by atoms with van der Waals surface area (Å²) < 4.78 is 15.9. The van der Waals surface area contributed by atoms with Gasteiger partial charge in [0.25, 0.3) is 0 Å². The summed E-state index contributed by atoms with van der Waals surface area (Å²) in [5.41, 5.74) is 6.85. The quantitative estimate of drug-likeness (QED) is 0.292. The minimum Gasteiger partial charge on any atom is -0.207 e. The molecule has 130 valence electrons. The van der Waals surface area contributed by atoms with Gasteiger partial charge in [-0.15, -0.1) is 22.7 Å². The maximum absolute atomic E-state index is 13.1. The molecule has 2 heterocycles. The van der Waals surface area contributed by atoms with Crippen molar-refractivity contribution >= 4 is 42.8 Å². The average Bonchev–Trinajstić information content (AvgIpc) is 3.29. The number of fused-ring (bicyclic) bond motifs is 8. The fourth-order valence-electron chi connectivity index (χ4n) is 4.12. The van der Waals surface area contributed by atoms with E-state index < -0.39 is 0 Å². The molecule has 1 aliphatic rings. The smallest absolute Gasteiger partial charge is 0.123 e. The molecule has 5 aromatic rings. The molecule has 0 bridgehead atoms. The second-order valence-electron chi connectivity index (χ2n) is 7.07. The molecule has 0 radical (unpaired) electrons. The van der Waals surface area contributed by atoms with Gasteiger partial charge in [0.1, 0.15) is 5.82 Å². The maximum Gasteiger partial charge on any atom is 0.123 e. The standard InChI is InChI=1S/C24H15FS2/c25-17-6-1-14(2-7-17)3-8-18-13-16-5-10-20-21-19(22(20)24(16)27-18)9-4-15-11-12-26-23(15)21/h1-2,4-7,9-13H,3,8H2. The molecule has 6 rings (SSSR count). The molecule has 0 N–H and O–H groups in total. The number of hydrogen-bond donors (Lipinski definition) is 0. The van der Waals surface area contributed by atoms with Crippen LogP contribution in [0.1, 0.15) is 10.4 Å². The molecule has 0 atom stereocenters. The van der Waals surface area contributed by atoms with Crippen LogP contribution >= 0.6 is 22.7 Å². The van der Waals surface area contributed by atoms with Gasteiger partial charge in [-0.05, 0) is 69.9 Å². The molecule has 2 aromatic heterocycles. The zero-order valence-corrected chi connectivity index (χ0v) is 16.1. The van der Waals surface area contributed by atoms with Gasteiger partial charge in [-0.3, -0.25) is 0 Å². The average molecular weight is 387 g/mol. The predicted molar refractivity (Wildman–Crippen MR) is 115 cm³/mol. The van der Waals surface area contributed by atoms with Gasteiger partial charge in [-0.2, -0.15) is 0 Å². The van der Waals surface area contributed by atoms with E-state index in [9.17, 15) is 4.39 Å². The molecule has 0 fully saturated rings. The molecular weight excluding hydrogens is 371 g/mol. The van der Waals surface area contributed by atoms with Gasteiger partial charge in [0.15, 0.2) is 0 Å². The van der Waals surface area contributed by atoms with Crippen molar-refractivity contribution in [2.45, 2.75) is 12.8 Å². The minimum atomic E-state index is -0.168. The van der Waals surface area contributed by atoms with Crippen LogP contribution in [-0.2, 0) is 12.8 Å². The summed E-state index contributed by atoms with van der Waals surface area (Å²) in [6.45, 7) is 0. The fourth-order valence-corrected chi connectivity index (χ4v) is 6.30. The van der Waals surface area contributed by atoms with Crippen molar-refractivity contribution in [3.8, 4) is 22.3 Å². The van der Waals surface area contributed by atoms with Gasteiger partial charge >= 0.3 is 0 Å². The normalized spacial score (nSPS) is 12.2. The van der Waals surface area contributed by atoms with Gasteiger partial charge in [0.05, 0.1) is 0 Å². The van der Waals surface area contributed by atoms with Crippen molar-refractivity contribution in [1.82, 2.24) is 0 Å². The van der Waals surface area contributed by atoms with Crippen LogP contribution in [0.3, 0.4) is 0 Å². The summed E-state index contributed by atoms with van der Waals surface area (Å²) >= 11 is 3.75. The first-order valence-corrected chi connectivity index (χ1v) is 10.8. The molecule has 0 saturated carbocycles. The second-order valence-corrected chi connectivity index (χ2v) is 9.13. The van der Waals surface area contributed by atoms with Crippen molar-refractivity contribution in [1.29, 1.82) is 0 Å². The summed E-state index contributed by atoms with van der Waals surface area (Å²) in [7, 11) is 0. The van der Waals surface area contributed by atoms with Crippen LogP contribution in [0.15, 0.2) is 66.0 Å². The molecule has 0 saturated heterocycles. The summed E-state index contributed by atoms with van der Waals surface area (Å²) in [5, 5.41) is 4.86. The van der Waals surface area contributed by atoms with E-state index >= 15 is 0 Å². The van der Waals surface area contributed by atoms with Crippen LogP contribution in [0.5, 0.6) is 0 Å². The summed E-state index contributed by atoms with van der Waals surface area (Å²) in [5.74, 6) is -0.168. The van der Waals surface area contributed by atoms with Gasteiger partial charge in [0.2, 0.25) is 0 Å². The van der Waals surface area contributed by atoms with Crippen LogP contribution in [0.2, 0.25) is 0 Å². The van der Waals surface area contributed by atoms with Gasteiger partial charge < -0.3 is 0 Å². The van der Waals surface area contributed by atoms with Gasteiger partial charge in [-0.25, -0.2) is 4.39 Å². The molecule has 0 nitrogen and oxygen atoms in total. The molecule has 3 aromatic carbocycles. The summed E-state index contributed by atoms with van der Waals surface area (Å²) in [6.07, 6.45) is 1.94. The van der Waals surface area contributed by atoms with Gasteiger partial charge in [0, 0.05) is 25.4 Å². The van der Waals surface area contributed by atoms with Crippen molar-refractivity contribution in [2.24, 2.45) is 0 Å². The second kappa shape index (κ2) is 5.75. The Morgan fingerprint density at radius 1 is 0.704 bits per heavy atom. The highest BCUT2D eigenvalue weighted by molar-refractivity contribution is 7.20. The largest absolute Gasteiger partial charge is 0.207 e. The minimum absolute atomic E-state index is 0.168. The van der Waals surface area contributed by atoms with Crippen LogP contribution in [-0.4, -0.2) is 0 Å². The lowest BCUT2D eigenvalue weighted by molar-refractivity contribution is 0.627. The number of thiophene rings is 2. The van der Waals surface area contributed by atoms with Crippen molar-refractivity contribution in [3.05, 3.63) is 82.3 Å². The lowest BCUT2D eigenvalue weighted by atomic mass is 9.79. The highest BCUT2D eigenvalue weighted by atomic mass is 32.1. The van der Waals surface area contributed by atoms with Gasteiger partial charge in [-0.1, -0.05) is 36.4 Å². The van der Waals surface area contributed by atoms with Crippen molar-refractivity contribution < 1.29 is 4.39 Å². The third-order valence-corrected chi connectivity index (χ3v) is 7.65. The third-order valence-electron chi connectivity index (χ3n) is 5.47. The molecule has 0 spiro atoms. The lowest BCUT2D eigenvalue weighted by Crippen LogP contribution is -1.98. The zero-order valence-electron chi connectivity index (χ0n) is 14.5. The van der Waals surface area contributed by atoms with E-state index in [4.69, 9.17) is 0 Å². The molecule has 27 heavy (non-hydrogen) atoms. The first-order valence-electron chi connectivity index (χ1n) is 9.09. The van der Waals surface area contributed by atoms with E-state index in [2.05, 4.69) is 41.8 Å². The lowest BCUT2D eigenvalue weighted by Gasteiger charge is -2.25. The molecule has 0 amide bonds. The predicted octanol–water partition coefficient (Wildman–Crippen LogP) is 7.69. The molecule has 3 heteroatoms. The van der Waals surface area contributed by atoms with E-state index in [-0.39, 0.29) is 5.82 Å². The topological polar surface area (TPSA) is 0 Å². The van der Waals surface area contributed by atoms with Crippen LogP contribution in [0, 0.1) is 5.82 Å². The Morgan fingerprint density at radius 3 is 2.26 bits per heavy atom. The number of rotatable bonds is 3. The Hall–Kier alpha value is -2.49. The highest BCUT2D eigenvalue weighted by Crippen LogP contribution is 2.55. The Bertz CT molecular complexity index is 1320. The SMILES string of the molecule is Fc1ccc(CCc2cc3ccc4c(c3s2)-c2ccc3ccsc3c2-4)cc1. The fraction of sp³-hybridized carbons (Fsp3) is 0.0833. The monoisotopic (exact) mass is 386 g/mol. The zero-order chi connectivity index (χ0) is 18.0. The summed E-state index contributed by atoms with van der Waals surface area (Å²) in [6, 6.07) is 20.5. The Morgan fingerprint density at radius 2 is 1.44 bits per heavy atom. The van der Waals surface area contributed by atoms with Crippen LogP contribution in [0.4, 0.5) is 4.39 Å².